The number of rotatable bonds is 2. The Balaban J connectivity index is 2.11. The minimum Gasteiger partial charge on any atom is -0.397 e. The standard InChI is InChI=1S/C11H14F2N2/c12-11(13)8-5-6-15(7-8)10-4-2-1-3-9(10)14/h1-4,8,11H,5-7,14H2/t8-/m1/s1. The Morgan fingerprint density at radius 1 is 1.33 bits per heavy atom. The number of nitrogens with zero attached hydrogens (tertiary/aromatic N) is 1. The molecule has 1 aromatic rings. The average molecular weight is 212 g/mol. The lowest BCUT2D eigenvalue weighted by Gasteiger charge is -2.20. The molecule has 15 heavy (non-hydrogen) atoms. The van der Waals surface area contributed by atoms with Crippen LogP contribution in [-0.2, 0) is 0 Å². The van der Waals surface area contributed by atoms with E-state index in [1.54, 1.807) is 6.07 Å². The van der Waals surface area contributed by atoms with Crippen LogP contribution in [0, 0.1) is 5.92 Å². The third-order valence-electron chi connectivity index (χ3n) is 2.86. The smallest absolute Gasteiger partial charge is 0.243 e. The second-order valence-electron chi connectivity index (χ2n) is 3.89. The molecule has 0 radical (unpaired) electrons. The summed E-state index contributed by atoms with van der Waals surface area (Å²) in [5.74, 6) is -0.510. The summed E-state index contributed by atoms with van der Waals surface area (Å²) in [6.07, 6.45) is -1.67. The molecule has 0 amide bonds. The summed E-state index contributed by atoms with van der Waals surface area (Å²) in [7, 11) is 0. The first kappa shape index (κ1) is 10.2. The van der Waals surface area contributed by atoms with Crippen LogP contribution in [0.5, 0.6) is 0 Å². The van der Waals surface area contributed by atoms with Gasteiger partial charge in [0, 0.05) is 19.0 Å². The zero-order valence-electron chi connectivity index (χ0n) is 8.37. The minimum atomic E-state index is -2.22. The molecule has 0 saturated carbocycles. The Bertz CT molecular complexity index is 341. The summed E-state index contributed by atoms with van der Waals surface area (Å²) in [6.45, 7) is 1.08. The van der Waals surface area contributed by atoms with Crippen molar-refractivity contribution in [2.75, 3.05) is 23.7 Å². The van der Waals surface area contributed by atoms with Gasteiger partial charge in [0.05, 0.1) is 11.4 Å². The van der Waals surface area contributed by atoms with Gasteiger partial charge >= 0.3 is 0 Å². The quantitative estimate of drug-likeness (QED) is 0.762. The molecule has 4 heteroatoms. The molecule has 2 N–H and O–H groups in total. The first-order valence-corrected chi connectivity index (χ1v) is 5.06. The maximum absolute atomic E-state index is 12.5. The number of hydrogen-bond donors (Lipinski definition) is 1. The number of halogens is 2. The summed E-state index contributed by atoms with van der Waals surface area (Å²) in [4.78, 5) is 1.94. The molecule has 0 bridgehead atoms. The number of hydrogen-bond acceptors (Lipinski definition) is 2. The van der Waals surface area contributed by atoms with E-state index in [1.807, 2.05) is 23.1 Å². The Labute approximate surface area is 87.7 Å². The number of nitrogens with two attached hydrogens (primary N) is 1. The number of nitrogen functional groups attached to an aromatic ring is 1. The summed E-state index contributed by atoms with van der Waals surface area (Å²) in [6, 6.07) is 7.40. The van der Waals surface area contributed by atoms with E-state index in [4.69, 9.17) is 5.73 Å². The molecule has 1 heterocycles. The fraction of sp³-hybridized carbons (Fsp3) is 0.455. The lowest BCUT2D eigenvalue weighted by molar-refractivity contribution is 0.0880. The predicted octanol–water partition coefficient (Wildman–Crippen LogP) is 2.36. The highest BCUT2D eigenvalue weighted by atomic mass is 19.3. The van der Waals surface area contributed by atoms with E-state index in [-0.39, 0.29) is 0 Å². The third-order valence-corrected chi connectivity index (χ3v) is 2.86. The third kappa shape index (κ3) is 2.03. The van der Waals surface area contributed by atoms with Gasteiger partial charge in [-0.1, -0.05) is 12.1 Å². The fourth-order valence-electron chi connectivity index (χ4n) is 1.99. The van der Waals surface area contributed by atoms with Gasteiger partial charge in [0.2, 0.25) is 6.43 Å². The summed E-state index contributed by atoms with van der Waals surface area (Å²) in [5, 5.41) is 0. The first-order valence-electron chi connectivity index (χ1n) is 5.06. The van der Waals surface area contributed by atoms with Crippen LogP contribution in [0.25, 0.3) is 0 Å². The molecule has 1 aliphatic heterocycles. The Morgan fingerprint density at radius 2 is 2.07 bits per heavy atom. The number of para-hydroxylation sites is 2. The largest absolute Gasteiger partial charge is 0.397 e. The SMILES string of the molecule is Nc1ccccc1N1CC[C@@H](C(F)F)C1. The number of alkyl halides is 2. The molecule has 82 valence electrons. The van der Waals surface area contributed by atoms with Crippen molar-refractivity contribution in [3.63, 3.8) is 0 Å². The van der Waals surface area contributed by atoms with Crippen LogP contribution in [0.4, 0.5) is 20.2 Å². The van der Waals surface area contributed by atoms with Crippen molar-refractivity contribution < 1.29 is 8.78 Å². The van der Waals surface area contributed by atoms with E-state index in [2.05, 4.69) is 0 Å². The van der Waals surface area contributed by atoms with E-state index in [0.29, 0.717) is 25.2 Å². The van der Waals surface area contributed by atoms with Crippen molar-refractivity contribution in [3.05, 3.63) is 24.3 Å². The van der Waals surface area contributed by atoms with Gasteiger partial charge in [0.15, 0.2) is 0 Å². The molecule has 1 aromatic carbocycles. The molecule has 0 unspecified atom stereocenters. The van der Waals surface area contributed by atoms with Gasteiger partial charge in [-0.05, 0) is 18.6 Å². The Hall–Kier alpha value is -1.32. The summed E-state index contributed by atoms with van der Waals surface area (Å²) >= 11 is 0. The summed E-state index contributed by atoms with van der Waals surface area (Å²) < 4.78 is 24.9. The van der Waals surface area contributed by atoms with Crippen molar-refractivity contribution >= 4 is 11.4 Å². The average Bonchev–Trinajstić information content (AvgIpc) is 2.67. The molecule has 1 aliphatic rings. The van der Waals surface area contributed by atoms with E-state index in [1.165, 1.54) is 0 Å². The molecular formula is C11H14F2N2. The van der Waals surface area contributed by atoms with Crippen molar-refractivity contribution in [1.29, 1.82) is 0 Å². The van der Waals surface area contributed by atoms with E-state index in [9.17, 15) is 8.78 Å². The molecular weight excluding hydrogens is 198 g/mol. The van der Waals surface area contributed by atoms with Crippen LogP contribution >= 0.6 is 0 Å². The topological polar surface area (TPSA) is 29.3 Å². The Kier molecular flexibility index (Phi) is 2.75. The minimum absolute atomic E-state index is 0.409. The van der Waals surface area contributed by atoms with E-state index < -0.39 is 12.3 Å². The van der Waals surface area contributed by atoms with E-state index in [0.717, 1.165) is 5.69 Å². The lowest BCUT2D eigenvalue weighted by atomic mass is 10.1. The maximum atomic E-state index is 12.5. The zero-order chi connectivity index (χ0) is 10.8. The summed E-state index contributed by atoms with van der Waals surface area (Å²) in [5.41, 5.74) is 7.33. The van der Waals surface area contributed by atoms with Crippen LogP contribution in [0.2, 0.25) is 0 Å². The zero-order valence-corrected chi connectivity index (χ0v) is 8.37. The van der Waals surface area contributed by atoms with Crippen molar-refractivity contribution in [3.8, 4) is 0 Å². The highest BCUT2D eigenvalue weighted by Crippen LogP contribution is 2.30. The molecule has 1 atom stereocenters. The van der Waals surface area contributed by atoms with Gasteiger partial charge in [-0.3, -0.25) is 0 Å². The molecule has 1 fully saturated rings. The monoisotopic (exact) mass is 212 g/mol. The molecule has 0 spiro atoms. The second-order valence-corrected chi connectivity index (χ2v) is 3.89. The molecule has 2 rings (SSSR count). The highest BCUT2D eigenvalue weighted by Gasteiger charge is 2.30. The van der Waals surface area contributed by atoms with Crippen LogP contribution in [0.1, 0.15) is 6.42 Å². The number of anilines is 2. The van der Waals surface area contributed by atoms with Crippen LogP contribution in [0.15, 0.2) is 24.3 Å². The van der Waals surface area contributed by atoms with Gasteiger partial charge in [-0.15, -0.1) is 0 Å². The predicted molar refractivity (Wildman–Crippen MR) is 57.2 cm³/mol. The molecule has 2 nitrogen and oxygen atoms in total. The molecule has 1 saturated heterocycles. The van der Waals surface area contributed by atoms with Gasteiger partial charge in [0.1, 0.15) is 0 Å². The number of benzene rings is 1. The molecule has 0 aliphatic carbocycles. The van der Waals surface area contributed by atoms with E-state index >= 15 is 0 Å². The van der Waals surface area contributed by atoms with Crippen LogP contribution in [0.3, 0.4) is 0 Å². The maximum Gasteiger partial charge on any atom is 0.243 e. The normalized spacial score (nSPS) is 21.3. The van der Waals surface area contributed by atoms with Crippen LogP contribution < -0.4 is 10.6 Å². The van der Waals surface area contributed by atoms with Crippen molar-refractivity contribution in [2.45, 2.75) is 12.8 Å². The molecule has 0 aromatic heterocycles. The van der Waals surface area contributed by atoms with Gasteiger partial charge in [-0.25, -0.2) is 8.78 Å². The van der Waals surface area contributed by atoms with Crippen molar-refractivity contribution in [2.24, 2.45) is 5.92 Å². The Morgan fingerprint density at radius 3 is 2.67 bits per heavy atom. The van der Waals surface area contributed by atoms with Gasteiger partial charge in [-0.2, -0.15) is 0 Å². The van der Waals surface area contributed by atoms with Gasteiger partial charge < -0.3 is 10.6 Å². The van der Waals surface area contributed by atoms with Crippen molar-refractivity contribution in [1.82, 2.24) is 0 Å². The first-order chi connectivity index (χ1) is 7.18. The second kappa shape index (κ2) is 4.04. The van der Waals surface area contributed by atoms with Crippen LogP contribution in [-0.4, -0.2) is 19.5 Å². The fourth-order valence-corrected chi connectivity index (χ4v) is 1.99. The lowest BCUT2D eigenvalue weighted by Crippen LogP contribution is -2.22. The highest BCUT2D eigenvalue weighted by molar-refractivity contribution is 5.67. The van der Waals surface area contributed by atoms with Gasteiger partial charge in [0.25, 0.3) is 0 Å².